The SMILES string of the molecule is Cc1cccc(F)c1-n1cc(Br)c2nc(Nc3cnn(C4CCNCC4)c3)ncc2c1=O. The average molecular weight is 498 g/mol. The van der Waals surface area contributed by atoms with E-state index in [-0.39, 0.29) is 16.6 Å². The van der Waals surface area contributed by atoms with Crippen LogP contribution in [-0.2, 0) is 0 Å². The number of nitrogens with zero attached hydrogens (tertiary/aromatic N) is 5. The summed E-state index contributed by atoms with van der Waals surface area (Å²) in [6, 6.07) is 5.08. The van der Waals surface area contributed by atoms with Crippen molar-refractivity contribution in [2.24, 2.45) is 0 Å². The average Bonchev–Trinajstić information content (AvgIpc) is 3.26. The summed E-state index contributed by atoms with van der Waals surface area (Å²) < 4.78 is 18.3. The summed E-state index contributed by atoms with van der Waals surface area (Å²) in [6.45, 7) is 3.73. The first-order valence-electron chi connectivity index (χ1n) is 10.4. The van der Waals surface area contributed by atoms with Gasteiger partial charge in [-0.3, -0.25) is 14.0 Å². The van der Waals surface area contributed by atoms with Crippen LogP contribution in [0, 0.1) is 12.7 Å². The summed E-state index contributed by atoms with van der Waals surface area (Å²) in [5.74, 6) is -0.120. The predicted molar refractivity (Wildman–Crippen MR) is 124 cm³/mol. The Morgan fingerprint density at radius 2 is 2.03 bits per heavy atom. The number of benzene rings is 1. The number of anilines is 2. The highest BCUT2D eigenvalue weighted by atomic mass is 79.9. The van der Waals surface area contributed by atoms with Gasteiger partial charge in [-0.05, 0) is 60.4 Å². The standard InChI is InChI=1S/C22H21BrFN7O/c1-13-3-2-4-18(24)20(13)30-12-17(23)19-16(21(30)32)10-26-22(29-19)28-14-9-27-31(11-14)15-5-7-25-8-6-15/h2-4,9-12,15,25H,5-8H2,1H3,(H,26,28,29). The molecular weight excluding hydrogens is 477 g/mol. The van der Waals surface area contributed by atoms with Crippen molar-refractivity contribution in [2.45, 2.75) is 25.8 Å². The van der Waals surface area contributed by atoms with Crippen molar-refractivity contribution in [3.63, 3.8) is 0 Å². The molecule has 2 N–H and O–H groups in total. The van der Waals surface area contributed by atoms with E-state index < -0.39 is 5.82 Å². The highest BCUT2D eigenvalue weighted by molar-refractivity contribution is 9.10. The number of pyridine rings is 1. The minimum atomic E-state index is -0.469. The Kier molecular flexibility index (Phi) is 5.48. The molecule has 0 radical (unpaired) electrons. The van der Waals surface area contributed by atoms with Crippen LogP contribution >= 0.6 is 15.9 Å². The maximum absolute atomic E-state index is 14.5. The van der Waals surface area contributed by atoms with Gasteiger partial charge in [0.25, 0.3) is 5.56 Å². The molecular formula is C22H21BrFN7O. The van der Waals surface area contributed by atoms with Crippen LogP contribution in [-0.4, -0.2) is 37.4 Å². The molecule has 1 saturated heterocycles. The van der Waals surface area contributed by atoms with E-state index in [4.69, 9.17) is 0 Å². The summed E-state index contributed by atoms with van der Waals surface area (Å²) in [4.78, 5) is 21.9. The van der Waals surface area contributed by atoms with Crippen molar-refractivity contribution in [1.29, 1.82) is 0 Å². The normalized spacial score (nSPS) is 14.7. The van der Waals surface area contributed by atoms with Gasteiger partial charge in [0.1, 0.15) is 5.82 Å². The van der Waals surface area contributed by atoms with Crippen LogP contribution in [0.5, 0.6) is 0 Å². The van der Waals surface area contributed by atoms with E-state index in [1.807, 2.05) is 10.9 Å². The molecule has 0 aliphatic carbocycles. The van der Waals surface area contributed by atoms with Gasteiger partial charge in [-0.1, -0.05) is 12.1 Å². The smallest absolute Gasteiger partial charge is 0.266 e. The molecule has 4 heterocycles. The van der Waals surface area contributed by atoms with Crippen molar-refractivity contribution in [3.8, 4) is 5.69 Å². The fraction of sp³-hybridized carbons (Fsp3) is 0.273. The van der Waals surface area contributed by atoms with Gasteiger partial charge in [-0.2, -0.15) is 5.10 Å². The Morgan fingerprint density at radius 3 is 2.81 bits per heavy atom. The number of halogens is 2. The third-order valence-electron chi connectivity index (χ3n) is 5.68. The first kappa shape index (κ1) is 20.8. The number of rotatable bonds is 4. The molecule has 0 unspecified atom stereocenters. The Labute approximate surface area is 191 Å². The van der Waals surface area contributed by atoms with E-state index in [0.717, 1.165) is 31.6 Å². The maximum Gasteiger partial charge on any atom is 0.266 e. The van der Waals surface area contributed by atoms with Gasteiger partial charge in [0.05, 0.1) is 39.0 Å². The van der Waals surface area contributed by atoms with Crippen LogP contribution in [0.3, 0.4) is 0 Å². The number of aryl methyl sites for hydroxylation is 1. The molecule has 0 saturated carbocycles. The zero-order chi connectivity index (χ0) is 22.2. The Balaban J connectivity index is 1.48. The van der Waals surface area contributed by atoms with E-state index >= 15 is 0 Å². The molecule has 10 heteroatoms. The van der Waals surface area contributed by atoms with E-state index in [2.05, 4.69) is 41.6 Å². The number of aromatic nitrogens is 5. The minimum absolute atomic E-state index is 0.215. The van der Waals surface area contributed by atoms with E-state index in [0.29, 0.717) is 27.5 Å². The summed E-state index contributed by atoms with van der Waals surface area (Å²) >= 11 is 3.48. The largest absolute Gasteiger partial charge is 0.321 e. The van der Waals surface area contributed by atoms with Crippen molar-refractivity contribution in [3.05, 3.63) is 69.2 Å². The molecule has 8 nitrogen and oxygen atoms in total. The molecule has 1 fully saturated rings. The predicted octanol–water partition coefficient (Wildman–Crippen LogP) is 3.86. The second-order valence-electron chi connectivity index (χ2n) is 7.83. The third kappa shape index (κ3) is 3.80. The molecule has 1 aromatic carbocycles. The zero-order valence-corrected chi connectivity index (χ0v) is 18.9. The third-order valence-corrected chi connectivity index (χ3v) is 6.26. The highest BCUT2D eigenvalue weighted by Gasteiger charge is 2.17. The Hall–Kier alpha value is -3.11. The topological polar surface area (TPSA) is 89.7 Å². The van der Waals surface area contributed by atoms with Gasteiger partial charge in [0.2, 0.25) is 5.95 Å². The van der Waals surface area contributed by atoms with Gasteiger partial charge in [0.15, 0.2) is 0 Å². The van der Waals surface area contributed by atoms with Gasteiger partial charge < -0.3 is 10.6 Å². The molecule has 0 bridgehead atoms. The van der Waals surface area contributed by atoms with Crippen LogP contribution in [0.25, 0.3) is 16.6 Å². The van der Waals surface area contributed by atoms with Crippen LogP contribution in [0.2, 0.25) is 0 Å². The molecule has 164 valence electrons. The molecule has 3 aromatic heterocycles. The number of nitrogens with one attached hydrogen (secondary N) is 2. The van der Waals surface area contributed by atoms with Crippen LogP contribution in [0.1, 0.15) is 24.4 Å². The zero-order valence-electron chi connectivity index (χ0n) is 17.3. The van der Waals surface area contributed by atoms with Crippen molar-refractivity contribution in [1.82, 2.24) is 29.6 Å². The fourth-order valence-corrected chi connectivity index (χ4v) is 4.55. The molecule has 4 aromatic rings. The summed E-state index contributed by atoms with van der Waals surface area (Å²) in [5, 5.41) is 11.3. The quantitative estimate of drug-likeness (QED) is 0.445. The van der Waals surface area contributed by atoms with Gasteiger partial charge in [0, 0.05) is 18.6 Å². The van der Waals surface area contributed by atoms with E-state index in [1.54, 1.807) is 31.5 Å². The van der Waals surface area contributed by atoms with Gasteiger partial charge >= 0.3 is 0 Å². The van der Waals surface area contributed by atoms with Crippen molar-refractivity contribution >= 4 is 38.5 Å². The molecule has 1 aliphatic heterocycles. The van der Waals surface area contributed by atoms with Gasteiger partial charge in [-0.25, -0.2) is 14.4 Å². The molecule has 1 aliphatic rings. The Bertz CT molecular complexity index is 1340. The summed E-state index contributed by atoms with van der Waals surface area (Å²) in [6.07, 6.45) is 8.76. The van der Waals surface area contributed by atoms with Crippen molar-refractivity contribution < 1.29 is 4.39 Å². The number of para-hydroxylation sites is 1. The van der Waals surface area contributed by atoms with Crippen molar-refractivity contribution in [2.75, 3.05) is 18.4 Å². The number of hydrogen-bond donors (Lipinski definition) is 2. The van der Waals surface area contributed by atoms with Crippen LogP contribution in [0.15, 0.2) is 52.3 Å². The number of hydrogen-bond acceptors (Lipinski definition) is 6. The summed E-state index contributed by atoms with van der Waals surface area (Å²) in [5.41, 5.74) is 1.70. The number of piperidine rings is 1. The molecule has 0 spiro atoms. The second kappa shape index (κ2) is 8.44. The molecule has 0 atom stereocenters. The first-order valence-corrected chi connectivity index (χ1v) is 11.2. The monoisotopic (exact) mass is 497 g/mol. The van der Waals surface area contributed by atoms with Crippen LogP contribution in [0.4, 0.5) is 16.0 Å². The lowest BCUT2D eigenvalue weighted by atomic mass is 10.1. The van der Waals surface area contributed by atoms with Crippen LogP contribution < -0.4 is 16.2 Å². The van der Waals surface area contributed by atoms with E-state index in [9.17, 15) is 9.18 Å². The molecule has 5 rings (SSSR count). The minimum Gasteiger partial charge on any atom is -0.321 e. The van der Waals surface area contributed by atoms with E-state index in [1.165, 1.54) is 16.8 Å². The number of fused-ring (bicyclic) bond motifs is 1. The summed E-state index contributed by atoms with van der Waals surface area (Å²) in [7, 11) is 0. The molecule has 32 heavy (non-hydrogen) atoms. The second-order valence-corrected chi connectivity index (χ2v) is 8.68. The lowest BCUT2D eigenvalue weighted by Crippen LogP contribution is -2.29. The fourth-order valence-electron chi connectivity index (χ4n) is 4.04. The Morgan fingerprint density at radius 1 is 1.22 bits per heavy atom. The molecule has 0 amide bonds. The highest BCUT2D eigenvalue weighted by Crippen LogP contribution is 2.25. The first-order chi connectivity index (χ1) is 15.5. The lowest BCUT2D eigenvalue weighted by molar-refractivity contribution is 0.343. The lowest BCUT2D eigenvalue weighted by Gasteiger charge is -2.22. The van der Waals surface area contributed by atoms with Gasteiger partial charge in [-0.15, -0.1) is 0 Å². The maximum atomic E-state index is 14.5.